The van der Waals surface area contributed by atoms with Crippen LogP contribution in [0.15, 0.2) is 16.6 Å². The fourth-order valence-electron chi connectivity index (χ4n) is 1.76. The molecule has 2 aromatic heterocycles. The second-order valence-corrected chi connectivity index (χ2v) is 6.54. The maximum Gasteiger partial charge on any atom is 0.260 e. The fraction of sp³-hybridized carbons (Fsp3) is 0.500. The van der Waals surface area contributed by atoms with Crippen molar-refractivity contribution in [3.63, 3.8) is 0 Å². The minimum atomic E-state index is -3.73. The summed E-state index contributed by atoms with van der Waals surface area (Å²) >= 11 is 1.33. The van der Waals surface area contributed by atoms with Gasteiger partial charge in [0.1, 0.15) is 0 Å². The van der Waals surface area contributed by atoms with E-state index in [2.05, 4.69) is 9.71 Å². The number of rotatable bonds is 6. The van der Waals surface area contributed by atoms with Gasteiger partial charge in [-0.1, -0.05) is 6.92 Å². The SMILES string of the molecule is CCC(COC)NS(=O)(=O)c1c(N)nc2sccn12. The predicted octanol–water partition coefficient (Wildman–Crippen LogP) is 0.681. The summed E-state index contributed by atoms with van der Waals surface area (Å²) < 4.78 is 33.8. The van der Waals surface area contributed by atoms with Gasteiger partial charge in [0.2, 0.25) is 0 Å². The average Bonchev–Trinajstić information content (AvgIpc) is 2.87. The molecule has 1 atom stereocenters. The maximum absolute atomic E-state index is 12.4. The molecule has 3 N–H and O–H groups in total. The lowest BCUT2D eigenvalue weighted by Gasteiger charge is -2.15. The number of nitrogens with zero attached hydrogens (tertiary/aromatic N) is 2. The molecular formula is C10H16N4O3S2. The van der Waals surface area contributed by atoms with Crippen molar-refractivity contribution in [3.05, 3.63) is 11.6 Å². The number of nitrogens with two attached hydrogens (primary N) is 1. The predicted molar refractivity (Wildman–Crippen MR) is 73.8 cm³/mol. The lowest BCUT2D eigenvalue weighted by Crippen LogP contribution is -2.38. The number of ether oxygens (including phenoxy) is 1. The van der Waals surface area contributed by atoms with Crippen LogP contribution in [0.25, 0.3) is 4.96 Å². The highest BCUT2D eigenvalue weighted by Gasteiger charge is 2.26. The highest BCUT2D eigenvalue weighted by Crippen LogP contribution is 2.23. The van der Waals surface area contributed by atoms with Gasteiger partial charge in [0.05, 0.1) is 6.61 Å². The molecule has 0 bridgehead atoms. The Labute approximate surface area is 115 Å². The summed E-state index contributed by atoms with van der Waals surface area (Å²) in [5.41, 5.74) is 5.70. The minimum Gasteiger partial charge on any atom is -0.383 e. The van der Waals surface area contributed by atoms with Crippen LogP contribution < -0.4 is 10.5 Å². The van der Waals surface area contributed by atoms with Gasteiger partial charge in [0.25, 0.3) is 10.0 Å². The van der Waals surface area contributed by atoms with Gasteiger partial charge in [-0.05, 0) is 6.42 Å². The summed E-state index contributed by atoms with van der Waals surface area (Å²) in [4.78, 5) is 4.58. The Balaban J connectivity index is 2.38. The molecule has 0 radical (unpaired) electrons. The second kappa shape index (κ2) is 5.45. The highest BCUT2D eigenvalue weighted by molar-refractivity contribution is 7.89. The Morgan fingerprint density at radius 2 is 2.37 bits per heavy atom. The van der Waals surface area contributed by atoms with E-state index in [0.29, 0.717) is 18.0 Å². The fourth-order valence-corrected chi connectivity index (χ4v) is 4.05. The molecule has 0 amide bonds. The summed E-state index contributed by atoms with van der Waals surface area (Å²) in [5, 5.41) is 1.74. The number of thiazole rings is 1. The van der Waals surface area contributed by atoms with Crippen molar-refractivity contribution in [2.45, 2.75) is 24.4 Å². The van der Waals surface area contributed by atoms with Gasteiger partial charge in [0.15, 0.2) is 15.8 Å². The number of nitrogen functional groups attached to an aromatic ring is 1. The van der Waals surface area contributed by atoms with E-state index in [1.54, 1.807) is 11.6 Å². The number of imidazole rings is 1. The van der Waals surface area contributed by atoms with Gasteiger partial charge in [0, 0.05) is 24.7 Å². The molecule has 9 heteroatoms. The van der Waals surface area contributed by atoms with Gasteiger partial charge in [-0.25, -0.2) is 18.1 Å². The lowest BCUT2D eigenvalue weighted by atomic mass is 10.3. The molecule has 7 nitrogen and oxygen atoms in total. The third-order valence-electron chi connectivity index (χ3n) is 2.68. The highest BCUT2D eigenvalue weighted by atomic mass is 32.2. The molecular weight excluding hydrogens is 288 g/mol. The first kappa shape index (κ1) is 14.3. The van der Waals surface area contributed by atoms with Crippen LogP contribution in [0, 0.1) is 0 Å². The molecule has 0 aliphatic rings. The Kier molecular flexibility index (Phi) is 4.09. The van der Waals surface area contributed by atoms with E-state index in [4.69, 9.17) is 10.5 Å². The van der Waals surface area contributed by atoms with E-state index in [0.717, 1.165) is 0 Å². The van der Waals surface area contributed by atoms with Crippen molar-refractivity contribution in [1.29, 1.82) is 0 Å². The summed E-state index contributed by atoms with van der Waals surface area (Å²) in [6, 6.07) is -0.293. The third-order valence-corrected chi connectivity index (χ3v) is 5.00. The number of aromatic nitrogens is 2. The maximum atomic E-state index is 12.4. The van der Waals surface area contributed by atoms with Crippen molar-refractivity contribution in [2.24, 2.45) is 0 Å². The largest absolute Gasteiger partial charge is 0.383 e. The van der Waals surface area contributed by atoms with Crippen LogP contribution in [0.2, 0.25) is 0 Å². The Morgan fingerprint density at radius 1 is 1.63 bits per heavy atom. The number of anilines is 1. The first-order valence-corrected chi connectivity index (χ1v) is 8.08. The molecule has 1 unspecified atom stereocenters. The zero-order valence-corrected chi connectivity index (χ0v) is 12.3. The van der Waals surface area contributed by atoms with Crippen molar-refractivity contribution in [2.75, 3.05) is 19.5 Å². The quantitative estimate of drug-likeness (QED) is 0.817. The van der Waals surface area contributed by atoms with Gasteiger partial charge in [-0.2, -0.15) is 0 Å². The smallest absolute Gasteiger partial charge is 0.260 e. The van der Waals surface area contributed by atoms with Crippen molar-refractivity contribution in [1.82, 2.24) is 14.1 Å². The number of nitrogens with one attached hydrogen (secondary N) is 1. The van der Waals surface area contributed by atoms with Crippen LogP contribution in [0.5, 0.6) is 0 Å². The monoisotopic (exact) mass is 304 g/mol. The standard InChI is InChI=1S/C10H16N4O3S2/c1-3-7(6-17-2)13-19(15,16)9-8(11)12-10-14(9)4-5-18-10/h4-5,7,13H,3,6,11H2,1-2H3. The molecule has 106 valence electrons. The molecule has 0 spiro atoms. The molecule has 0 fully saturated rings. The average molecular weight is 304 g/mol. The number of methoxy groups -OCH3 is 1. The number of hydrogen-bond acceptors (Lipinski definition) is 6. The van der Waals surface area contributed by atoms with E-state index in [-0.39, 0.29) is 16.9 Å². The van der Waals surface area contributed by atoms with Crippen LogP contribution in [0.3, 0.4) is 0 Å². The van der Waals surface area contributed by atoms with Crippen molar-refractivity contribution < 1.29 is 13.2 Å². The van der Waals surface area contributed by atoms with Gasteiger partial charge < -0.3 is 10.5 Å². The van der Waals surface area contributed by atoms with E-state index >= 15 is 0 Å². The molecule has 2 heterocycles. The van der Waals surface area contributed by atoms with Crippen LogP contribution in [0.4, 0.5) is 5.82 Å². The summed E-state index contributed by atoms with van der Waals surface area (Å²) in [5.74, 6) is 0.00613. The van der Waals surface area contributed by atoms with Crippen LogP contribution in [-0.4, -0.2) is 37.6 Å². The van der Waals surface area contributed by atoms with Crippen LogP contribution >= 0.6 is 11.3 Å². The minimum absolute atomic E-state index is 0.00613. The van der Waals surface area contributed by atoms with E-state index in [1.807, 2.05) is 6.92 Å². The topological polar surface area (TPSA) is 98.7 Å². The van der Waals surface area contributed by atoms with Crippen LogP contribution in [0.1, 0.15) is 13.3 Å². The zero-order chi connectivity index (χ0) is 14.0. The van der Waals surface area contributed by atoms with Gasteiger partial charge >= 0.3 is 0 Å². The van der Waals surface area contributed by atoms with E-state index in [1.165, 1.54) is 22.8 Å². The summed E-state index contributed by atoms with van der Waals surface area (Å²) in [6.45, 7) is 2.19. The summed E-state index contributed by atoms with van der Waals surface area (Å²) in [7, 11) is -2.20. The molecule has 2 aromatic rings. The molecule has 2 rings (SSSR count). The van der Waals surface area contributed by atoms with Crippen LogP contribution in [-0.2, 0) is 14.8 Å². The third kappa shape index (κ3) is 2.73. The molecule has 0 aliphatic carbocycles. The Morgan fingerprint density at radius 3 is 3.00 bits per heavy atom. The molecule has 19 heavy (non-hydrogen) atoms. The van der Waals surface area contributed by atoms with Crippen molar-refractivity contribution >= 4 is 32.1 Å². The first-order valence-electron chi connectivity index (χ1n) is 5.72. The molecule has 0 saturated heterocycles. The Bertz CT molecular complexity index is 661. The summed E-state index contributed by atoms with van der Waals surface area (Å²) in [6.07, 6.45) is 2.26. The van der Waals surface area contributed by atoms with E-state index in [9.17, 15) is 8.42 Å². The number of hydrogen-bond donors (Lipinski definition) is 2. The lowest BCUT2D eigenvalue weighted by molar-refractivity contribution is 0.173. The molecule has 0 aromatic carbocycles. The van der Waals surface area contributed by atoms with E-state index < -0.39 is 10.0 Å². The normalized spacial score (nSPS) is 14.0. The van der Waals surface area contributed by atoms with Gasteiger partial charge in [-0.3, -0.25) is 4.40 Å². The molecule has 0 saturated carbocycles. The number of sulfonamides is 1. The van der Waals surface area contributed by atoms with Gasteiger partial charge in [-0.15, -0.1) is 11.3 Å². The second-order valence-electron chi connectivity index (χ2n) is 4.04. The number of fused-ring (bicyclic) bond motifs is 1. The first-order chi connectivity index (χ1) is 8.99. The Hall–Kier alpha value is -1.16. The zero-order valence-electron chi connectivity index (χ0n) is 10.7. The molecule has 0 aliphatic heterocycles. The van der Waals surface area contributed by atoms with Crippen molar-refractivity contribution in [3.8, 4) is 0 Å².